The van der Waals surface area contributed by atoms with Crippen LogP contribution in [0.25, 0.3) is 0 Å². The number of aliphatic carboxylic acids is 1. The van der Waals surface area contributed by atoms with Gasteiger partial charge in [0.25, 0.3) is 0 Å². The molecule has 0 aliphatic carbocycles. The lowest BCUT2D eigenvalue weighted by Gasteiger charge is -2.23. The molecule has 0 saturated heterocycles. The molecular weight excluding hydrogens is 224 g/mol. The Morgan fingerprint density at radius 3 is 2.41 bits per heavy atom. The SMILES string of the molecule is CC(C)(CCN)CCC(=O)NCC(O)C(=O)O. The zero-order valence-corrected chi connectivity index (χ0v) is 10.4. The number of amides is 1. The lowest BCUT2D eigenvalue weighted by atomic mass is 9.84. The fourth-order valence-corrected chi connectivity index (χ4v) is 1.35. The molecule has 0 aromatic carbocycles. The van der Waals surface area contributed by atoms with Crippen LogP contribution in [0.4, 0.5) is 0 Å². The van der Waals surface area contributed by atoms with Gasteiger partial charge in [-0.25, -0.2) is 4.79 Å². The monoisotopic (exact) mass is 246 g/mol. The molecule has 6 heteroatoms. The number of carboxylic acids is 1. The second kappa shape index (κ2) is 7.24. The minimum absolute atomic E-state index is 0.00248. The van der Waals surface area contributed by atoms with Gasteiger partial charge in [0, 0.05) is 6.42 Å². The highest BCUT2D eigenvalue weighted by atomic mass is 16.4. The fraction of sp³-hybridized carbons (Fsp3) is 0.818. The van der Waals surface area contributed by atoms with E-state index in [2.05, 4.69) is 5.32 Å². The standard InChI is InChI=1S/C11H22N2O4/c1-11(2,5-6-12)4-3-9(15)13-7-8(14)10(16)17/h8,14H,3-7,12H2,1-2H3,(H,13,15)(H,16,17). The lowest BCUT2D eigenvalue weighted by molar-refractivity contribution is -0.146. The Kier molecular flexibility index (Phi) is 6.75. The van der Waals surface area contributed by atoms with E-state index in [1.165, 1.54) is 0 Å². The van der Waals surface area contributed by atoms with Gasteiger partial charge >= 0.3 is 5.97 Å². The molecule has 0 rings (SSSR count). The van der Waals surface area contributed by atoms with Crippen LogP contribution >= 0.6 is 0 Å². The second-order valence-electron chi connectivity index (χ2n) is 4.86. The third kappa shape index (κ3) is 7.70. The summed E-state index contributed by atoms with van der Waals surface area (Å²) in [6, 6.07) is 0. The summed E-state index contributed by atoms with van der Waals surface area (Å²) in [7, 11) is 0. The van der Waals surface area contributed by atoms with Crippen molar-refractivity contribution in [3.8, 4) is 0 Å². The third-order valence-electron chi connectivity index (χ3n) is 2.63. The van der Waals surface area contributed by atoms with Gasteiger partial charge in [0.15, 0.2) is 6.10 Å². The molecule has 100 valence electrons. The fourth-order valence-electron chi connectivity index (χ4n) is 1.35. The molecule has 1 amide bonds. The molecule has 0 bridgehead atoms. The van der Waals surface area contributed by atoms with Gasteiger partial charge < -0.3 is 21.3 Å². The van der Waals surface area contributed by atoms with Crippen molar-refractivity contribution in [2.75, 3.05) is 13.1 Å². The van der Waals surface area contributed by atoms with Crippen LogP contribution in [0.2, 0.25) is 0 Å². The number of aliphatic hydroxyl groups is 1. The van der Waals surface area contributed by atoms with Gasteiger partial charge in [-0.2, -0.15) is 0 Å². The third-order valence-corrected chi connectivity index (χ3v) is 2.63. The Morgan fingerprint density at radius 1 is 1.35 bits per heavy atom. The molecule has 0 aromatic rings. The Bertz CT molecular complexity index is 266. The van der Waals surface area contributed by atoms with Crippen molar-refractivity contribution in [3.63, 3.8) is 0 Å². The summed E-state index contributed by atoms with van der Waals surface area (Å²) >= 11 is 0. The number of hydrogen-bond donors (Lipinski definition) is 4. The van der Waals surface area contributed by atoms with Gasteiger partial charge in [0.2, 0.25) is 5.91 Å². The first kappa shape index (κ1) is 15.9. The smallest absolute Gasteiger partial charge is 0.334 e. The largest absolute Gasteiger partial charge is 0.479 e. The Hall–Kier alpha value is -1.14. The zero-order valence-electron chi connectivity index (χ0n) is 10.4. The topological polar surface area (TPSA) is 113 Å². The van der Waals surface area contributed by atoms with E-state index in [0.717, 1.165) is 6.42 Å². The predicted molar refractivity (Wildman–Crippen MR) is 63.3 cm³/mol. The normalized spacial score (nSPS) is 13.2. The average Bonchev–Trinajstić information content (AvgIpc) is 2.22. The van der Waals surface area contributed by atoms with Crippen LogP contribution in [-0.4, -0.2) is 41.3 Å². The highest BCUT2D eigenvalue weighted by molar-refractivity contribution is 5.77. The maximum absolute atomic E-state index is 11.4. The van der Waals surface area contributed by atoms with Crippen molar-refractivity contribution < 1.29 is 19.8 Å². The average molecular weight is 246 g/mol. The van der Waals surface area contributed by atoms with Crippen molar-refractivity contribution in [2.24, 2.45) is 11.1 Å². The first-order valence-corrected chi connectivity index (χ1v) is 5.66. The molecule has 0 spiro atoms. The van der Waals surface area contributed by atoms with E-state index in [1.807, 2.05) is 13.8 Å². The van der Waals surface area contributed by atoms with Crippen LogP contribution in [0.15, 0.2) is 0 Å². The number of aliphatic hydroxyl groups excluding tert-OH is 1. The molecule has 5 N–H and O–H groups in total. The van der Waals surface area contributed by atoms with Crippen molar-refractivity contribution in [3.05, 3.63) is 0 Å². The molecule has 1 unspecified atom stereocenters. The maximum Gasteiger partial charge on any atom is 0.334 e. The van der Waals surface area contributed by atoms with E-state index >= 15 is 0 Å². The molecule has 0 heterocycles. The number of nitrogens with two attached hydrogens (primary N) is 1. The maximum atomic E-state index is 11.4. The van der Waals surface area contributed by atoms with Gasteiger partial charge in [0.05, 0.1) is 6.54 Å². The lowest BCUT2D eigenvalue weighted by Crippen LogP contribution is -2.36. The molecule has 6 nitrogen and oxygen atoms in total. The summed E-state index contributed by atoms with van der Waals surface area (Å²) in [5, 5.41) is 19.7. The van der Waals surface area contributed by atoms with Gasteiger partial charge in [0.1, 0.15) is 0 Å². The molecule has 0 aliphatic heterocycles. The first-order chi connectivity index (χ1) is 7.78. The van der Waals surface area contributed by atoms with Gasteiger partial charge in [-0.1, -0.05) is 13.8 Å². The minimum atomic E-state index is -1.55. The number of carbonyl (C=O) groups is 2. The molecule has 0 aromatic heterocycles. The molecule has 0 radical (unpaired) electrons. The predicted octanol–water partition coefficient (Wildman–Crippen LogP) is -0.297. The Morgan fingerprint density at radius 2 is 1.94 bits per heavy atom. The Balaban J connectivity index is 3.84. The number of carbonyl (C=O) groups excluding carboxylic acids is 1. The molecule has 17 heavy (non-hydrogen) atoms. The first-order valence-electron chi connectivity index (χ1n) is 5.66. The second-order valence-corrected chi connectivity index (χ2v) is 4.86. The van der Waals surface area contributed by atoms with E-state index < -0.39 is 12.1 Å². The van der Waals surface area contributed by atoms with Crippen LogP contribution < -0.4 is 11.1 Å². The summed E-state index contributed by atoms with van der Waals surface area (Å²) in [5.41, 5.74) is 5.45. The van der Waals surface area contributed by atoms with Crippen molar-refractivity contribution in [1.29, 1.82) is 0 Å². The number of nitrogens with one attached hydrogen (secondary N) is 1. The number of hydrogen-bond acceptors (Lipinski definition) is 4. The highest BCUT2D eigenvalue weighted by Gasteiger charge is 2.19. The molecule has 1 atom stereocenters. The van der Waals surface area contributed by atoms with Crippen molar-refractivity contribution >= 4 is 11.9 Å². The van der Waals surface area contributed by atoms with E-state index in [0.29, 0.717) is 19.4 Å². The van der Waals surface area contributed by atoms with Crippen LogP contribution in [-0.2, 0) is 9.59 Å². The molecule has 0 aliphatic rings. The number of rotatable bonds is 8. The van der Waals surface area contributed by atoms with Gasteiger partial charge in [-0.15, -0.1) is 0 Å². The van der Waals surface area contributed by atoms with E-state index in [4.69, 9.17) is 15.9 Å². The van der Waals surface area contributed by atoms with Crippen LogP contribution in [0, 0.1) is 5.41 Å². The summed E-state index contributed by atoms with van der Waals surface area (Å²) in [6.07, 6.45) is 0.271. The van der Waals surface area contributed by atoms with Crippen molar-refractivity contribution in [2.45, 2.75) is 39.2 Å². The van der Waals surface area contributed by atoms with Gasteiger partial charge in [-0.05, 0) is 24.8 Å². The summed E-state index contributed by atoms with van der Waals surface area (Å²) in [6.45, 7) is 4.37. The zero-order chi connectivity index (χ0) is 13.5. The summed E-state index contributed by atoms with van der Waals surface area (Å²) in [4.78, 5) is 21.7. The number of carboxylic acid groups (broad SMARTS) is 1. The van der Waals surface area contributed by atoms with Crippen LogP contribution in [0.5, 0.6) is 0 Å². The molecule has 0 fully saturated rings. The summed E-state index contributed by atoms with van der Waals surface area (Å²) < 4.78 is 0. The minimum Gasteiger partial charge on any atom is -0.479 e. The quantitative estimate of drug-likeness (QED) is 0.470. The Labute approximate surface area is 101 Å². The van der Waals surface area contributed by atoms with E-state index in [1.54, 1.807) is 0 Å². The highest BCUT2D eigenvalue weighted by Crippen LogP contribution is 2.25. The van der Waals surface area contributed by atoms with Crippen LogP contribution in [0.1, 0.15) is 33.1 Å². The molecular formula is C11H22N2O4. The van der Waals surface area contributed by atoms with E-state index in [-0.39, 0.29) is 17.9 Å². The molecule has 0 saturated carbocycles. The van der Waals surface area contributed by atoms with Gasteiger partial charge in [-0.3, -0.25) is 4.79 Å². The van der Waals surface area contributed by atoms with Crippen LogP contribution in [0.3, 0.4) is 0 Å². The summed E-state index contributed by atoms with van der Waals surface area (Å²) in [5.74, 6) is -1.59. The van der Waals surface area contributed by atoms with E-state index in [9.17, 15) is 9.59 Å². The van der Waals surface area contributed by atoms with Crippen molar-refractivity contribution in [1.82, 2.24) is 5.32 Å².